The molecule has 1 heterocycles. The summed E-state index contributed by atoms with van der Waals surface area (Å²) in [5.74, 6) is 0.612. The molecule has 0 unspecified atom stereocenters. The van der Waals surface area contributed by atoms with Crippen molar-refractivity contribution in [2.45, 2.75) is 0 Å². The van der Waals surface area contributed by atoms with Crippen LogP contribution >= 0.6 is 11.6 Å². The van der Waals surface area contributed by atoms with E-state index in [-0.39, 0.29) is 0 Å². The third-order valence-corrected chi connectivity index (χ3v) is 3.57. The molecule has 1 N–H and O–H groups in total. The molecule has 0 aliphatic carbocycles. The predicted molar refractivity (Wildman–Crippen MR) is 90.3 cm³/mol. The van der Waals surface area contributed by atoms with E-state index in [1.807, 2.05) is 43.4 Å². The summed E-state index contributed by atoms with van der Waals surface area (Å²) in [6, 6.07) is 11.7. The van der Waals surface area contributed by atoms with Crippen molar-refractivity contribution in [3.05, 3.63) is 41.4 Å². The molecular weight excluding hydrogens is 300 g/mol. The van der Waals surface area contributed by atoms with Crippen LogP contribution < -0.4 is 5.32 Å². The second-order valence-corrected chi connectivity index (χ2v) is 5.42. The molecule has 1 aromatic heterocycles. The number of benzene rings is 1. The van der Waals surface area contributed by atoms with Gasteiger partial charge in [-0.25, -0.2) is 0 Å². The summed E-state index contributed by atoms with van der Waals surface area (Å²) in [7, 11) is 3.75. The van der Waals surface area contributed by atoms with Gasteiger partial charge >= 0.3 is 0 Å². The maximum Gasteiger partial charge on any atom is 0.167 e. The van der Waals surface area contributed by atoms with Crippen LogP contribution in [0.4, 0.5) is 5.82 Å². The van der Waals surface area contributed by atoms with Gasteiger partial charge in [0.05, 0.1) is 17.3 Å². The minimum Gasteiger partial charge on any atom is -0.383 e. The second-order valence-electron chi connectivity index (χ2n) is 5.01. The first-order valence-corrected chi connectivity index (χ1v) is 7.58. The molecule has 0 saturated heterocycles. The first-order valence-electron chi connectivity index (χ1n) is 7.20. The zero-order valence-electron chi connectivity index (χ0n) is 12.9. The van der Waals surface area contributed by atoms with Crippen molar-refractivity contribution < 1.29 is 4.74 Å². The van der Waals surface area contributed by atoms with E-state index >= 15 is 0 Å². The lowest BCUT2D eigenvalue weighted by atomic mass is 10.1. The third-order valence-electron chi connectivity index (χ3n) is 3.28. The van der Waals surface area contributed by atoms with Gasteiger partial charge in [0.1, 0.15) is 0 Å². The zero-order valence-corrected chi connectivity index (χ0v) is 13.7. The molecule has 0 saturated carbocycles. The van der Waals surface area contributed by atoms with Crippen LogP contribution in [-0.2, 0) is 4.74 Å². The van der Waals surface area contributed by atoms with Gasteiger partial charge < -0.3 is 15.0 Å². The number of ether oxygens (including phenoxy) is 1. The summed E-state index contributed by atoms with van der Waals surface area (Å²) in [5, 5.41) is 12.2. The Kier molecular flexibility index (Phi) is 6.58. The highest BCUT2D eigenvalue weighted by atomic mass is 35.5. The largest absolute Gasteiger partial charge is 0.383 e. The number of aromatic nitrogens is 2. The molecule has 0 atom stereocenters. The summed E-state index contributed by atoms with van der Waals surface area (Å²) in [4.78, 5) is 2.18. The zero-order chi connectivity index (χ0) is 15.8. The second kappa shape index (κ2) is 8.68. The quantitative estimate of drug-likeness (QED) is 0.810. The SMILES string of the molecule is COCCN(C)CCNc1nnc(-c2ccccc2)cc1Cl. The van der Waals surface area contributed by atoms with Crippen molar-refractivity contribution in [2.75, 3.05) is 45.7 Å². The number of halogens is 1. The van der Waals surface area contributed by atoms with E-state index in [1.165, 1.54) is 0 Å². The molecule has 118 valence electrons. The van der Waals surface area contributed by atoms with Gasteiger partial charge in [-0.15, -0.1) is 10.2 Å². The molecule has 0 aliphatic rings. The molecule has 0 bridgehead atoms. The normalized spacial score (nSPS) is 10.9. The monoisotopic (exact) mass is 320 g/mol. The van der Waals surface area contributed by atoms with Crippen molar-refractivity contribution in [3.8, 4) is 11.3 Å². The summed E-state index contributed by atoms with van der Waals surface area (Å²) >= 11 is 6.28. The number of nitrogens with one attached hydrogen (secondary N) is 1. The summed E-state index contributed by atoms with van der Waals surface area (Å²) in [6.45, 7) is 3.24. The molecule has 0 spiro atoms. The first-order chi connectivity index (χ1) is 10.7. The molecule has 0 radical (unpaired) electrons. The Hall–Kier alpha value is -1.69. The highest BCUT2D eigenvalue weighted by molar-refractivity contribution is 6.33. The summed E-state index contributed by atoms with van der Waals surface area (Å²) < 4.78 is 5.05. The molecule has 0 amide bonds. The van der Waals surface area contributed by atoms with Gasteiger partial charge in [-0.1, -0.05) is 41.9 Å². The molecule has 2 rings (SSSR count). The Labute approximate surface area is 136 Å². The first kappa shape index (κ1) is 16.7. The van der Waals surface area contributed by atoms with Gasteiger partial charge in [0.15, 0.2) is 5.82 Å². The number of hydrogen-bond acceptors (Lipinski definition) is 5. The Morgan fingerprint density at radius 1 is 1.18 bits per heavy atom. The smallest absolute Gasteiger partial charge is 0.167 e. The maximum absolute atomic E-state index is 6.28. The van der Waals surface area contributed by atoms with Crippen LogP contribution in [0.3, 0.4) is 0 Å². The van der Waals surface area contributed by atoms with E-state index in [2.05, 4.69) is 20.4 Å². The number of methoxy groups -OCH3 is 1. The fourth-order valence-corrected chi connectivity index (χ4v) is 2.17. The van der Waals surface area contributed by atoms with E-state index in [0.717, 1.165) is 37.5 Å². The van der Waals surface area contributed by atoms with Crippen LogP contribution in [0.15, 0.2) is 36.4 Å². The molecule has 5 nitrogen and oxygen atoms in total. The number of anilines is 1. The van der Waals surface area contributed by atoms with Gasteiger partial charge in [0, 0.05) is 32.3 Å². The Morgan fingerprint density at radius 2 is 1.95 bits per heavy atom. The van der Waals surface area contributed by atoms with Crippen molar-refractivity contribution in [1.29, 1.82) is 0 Å². The van der Waals surface area contributed by atoms with Crippen molar-refractivity contribution in [2.24, 2.45) is 0 Å². The molecule has 2 aromatic rings. The van der Waals surface area contributed by atoms with E-state index < -0.39 is 0 Å². The molecule has 6 heteroatoms. The number of hydrogen-bond donors (Lipinski definition) is 1. The van der Waals surface area contributed by atoms with E-state index in [4.69, 9.17) is 16.3 Å². The lowest BCUT2D eigenvalue weighted by Gasteiger charge is -2.16. The van der Waals surface area contributed by atoms with Crippen molar-refractivity contribution >= 4 is 17.4 Å². The van der Waals surface area contributed by atoms with Gasteiger partial charge in [-0.3, -0.25) is 0 Å². The lowest BCUT2D eigenvalue weighted by Crippen LogP contribution is -2.28. The van der Waals surface area contributed by atoms with Gasteiger partial charge in [0.25, 0.3) is 0 Å². The highest BCUT2D eigenvalue weighted by Gasteiger charge is 2.07. The van der Waals surface area contributed by atoms with Crippen molar-refractivity contribution in [1.82, 2.24) is 15.1 Å². The van der Waals surface area contributed by atoms with Crippen LogP contribution in [0.1, 0.15) is 0 Å². The van der Waals surface area contributed by atoms with E-state index in [1.54, 1.807) is 7.11 Å². The predicted octanol–water partition coefficient (Wildman–Crippen LogP) is 2.79. The van der Waals surface area contributed by atoms with Crippen molar-refractivity contribution in [3.63, 3.8) is 0 Å². The topological polar surface area (TPSA) is 50.3 Å². The molecule has 0 aliphatic heterocycles. The standard InChI is InChI=1S/C16H21ClN4O/c1-21(10-11-22-2)9-8-18-16-14(17)12-15(19-20-16)13-6-4-3-5-7-13/h3-7,12H,8-11H2,1-2H3,(H,18,20). The Bertz CT molecular complexity index is 580. The fourth-order valence-electron chi connectivity index (χ4n) is 1.96. The molecular formula is C16H21ClN4O. The minimum atomic E-state index is 0.577. The fraction of sp³-hybridized carbons (Fsp3) is 0.375. The van der Waals surface area contributed by atoms with Gasteiger partial charge in [-0.05, 0) is 13.1 Å². The summed E-state index contributed by atoms with van der Waals surface area (Å²) in [5.41, 5.74) is 1.77. The molecule has 22 heavy (non-hydrogen) atoms. The van der Waals surface area contributed by atoms with Crippen LogP contribution in [0.2, 0.25) is 5.02 Å². The van der Waals surface area contributed by atoms with Gasteiger partial charge in [-0.2, -0.15) is 0 Å². The molecule has 0 fully saturated rings. The van der Waals surface area contributed by atoms with E-state index in [9.17, 15) is 0 Å². The Balaban J connectivity index is 1.90. The molecule has 1 aromatic carbocycles. The number of rotatable bonds is 8. The van der Waals surface area contributed by atoms with Crippen LogP contribution in [0.5, 0.6) is 0 Å². The van der Waals surface area contributed by atoms with E-state index in [0.29, 0.717) is 10.8 Å². The average Bonchev–Trinajstić information content (AvgIpc) is 2.55. The number of likely N-dealkylation sites (N-methyl/N-ethyl adjacent to an activating group) is 1. The Morgan fingerprint density at radius 3 is 2.64 bits per heavy atom. The third kappa shape index (κ3) is 4.94. The maximum atomic E-state index is 6.28. The van der Waals surface area contributed by atoms with Crippen LogP contribution in [0.25, 0.3) is 11.3 Å². The number of nitrogens with zero attached hydrogens (tertiary/aromatic N) is 3. The summed E-state index contributed by atoms with van der Waals surface area (Å²) in [6.07, 6.45) is 0. The highest BCUT2D eigenvalue weighted by Crippen LogP contribution is 2.24. The lowest BCUT2D eigenvalue weighted by molar-refractivity contribution is 0.163. The average molecular weight is 321 g/mol. The minimum absolute atomic E-state index is 0.577. The van der Waals surface area contributed by atoms with Crippen LogP contribution in [-0.4, -0.2) is 55.5 Å². The van der Waals surface area contributed by atoms with Gasteiger partial charge in [0.2, 0.25) is 0 Å². The van der Waals surface area contributed by atoms with Crippen LogP contribution in [0, 0.1) is 0 Å².